The standard InChI is InChI=1S/C29H20ClF3N4O2S/c30-21-13-20(29(31,32)33)14-34-27(21)26(17-2-1-3-17)25(19-9-10-23-22(12-19)35-15-40-23)18-7-4-16(5-8-18)6-11-24-36-28(38)39-37-24/h4-15,17H,1-3H2,(H,36,37,38)/b11-6+,26-25+. The summed E-state index contributed by atoms with van der Waals surface area (Å²) in [5, 5.41) is 3.59. The molecule has 0 spiro atoms. The van der Waals surface area contributed by atoms with Crippen molar-refractivity contribution in [1.82, 2.24) is 20.1 Å². The van der Waals surface area contributed by atoms with E-state index in [1.807, 2.05) is 42.5 Å². The summed E-state index contributed by atoms with van der Waals surface area (Å²) in [5.41, 5.74) is 6.34. The minimum Gasteiger partial charge on any atom is -0.296 e. The lowest BCUT2D eigenvalue weighted by Crippen LogP contribution is -2.17. The lowest BCUT2D eigenvalue weighted by atomic mass is 9.74. The first-order valence-electron chi connectivity index (χ1n) is 12.4. The van der Waals surface area contributed by atoms with Gasteiger partial charge in [0.1, 0.15) is 0 Å². The number of alkyl halides is 3. The van der Waals surface area contributed by atoms with Crippen LogP contribution in [0.4, 0.5) is 13.2 Å². The van der Waals surface area contributed by atoms with E-state index in [0.29, 0.717) is 11.5 Å². The van der Waals surface area contributed by atoms with Crippen molar-refractivity contribution in [2.75, 3.05) is 0 Å². The highest BCUT2D eigenvalue weighted by Gasteiger charge is 2.34. The first-order valence-corrected chi connectivity index (χ1v) is 13.7. The largest absolute Gasteiger partial charge is 0.439 e. The zero-order valence-electron chi connectivity index (χ0n) is 20.7. The number of hydrogen-bond acceptors (Lipinski definition) is 6. The van der Waals surface area contributed by atoms with Gasteiger partial charge in [0.05, 0.1) is 32.0 Å². The molecule has 2 aromatic carbocycles. The number of pyridine rings is 1. The van der Waals surface area contributed by atoms with Gasteiger partial charge >= 0.3 is 11.9 Å². The summed E-state index contributed by atoms with van der Waals surface area (Å²) in [6, 6.07) is 14.7. The minimum absolute atomic E-state index is 0.0369. The molecule has 1 aliphatic carbocycles. The van der Waals surface area contributed by atoms with Crippen molar-refractivity contribution in [3.8, 4) is 0 Å². The van der Waals surface area contributed by atoms with Crippen molar-refractivity contribution in [3.63, 3.8) is 0 Å². The highest BCUT2D eigenvalue weighted by atomic mass is 35.5. The Morgan fingerprint density at radius 2 is 1.82 bits per heavy atom. The van der Waals surface area contributed by atoms with Crippen molar-refractivity contribution in [1.29, 1.82) is 0 Å². The lowest BCUT2D eigenvalue weighted by Gasteiger charge is -2.31. The number of rotatable bonds is 6. The van der Waals surface area contributed by atoms with E-state index in [4.69, 9.17) is 11.6 Å². The summed E-state index contributed by atoms with van der Waals surface area (Å²) in [4.78, 5) is 22.4. The molecule has 6 rings (SSSR count). The van der Waals surface area contributed by atoms with Crippen LogP contribution in [0.5, 0.6) is 0 Å². The topological polar surface area (TPSA) is 84.7 Å². The molecule has 0 unspecified atom stereocenters. The highest BCUT2D eigenvalue weighted by Crippen LogP contribution is 2.47. The number of H-pyrrole nitrogens is 1. The first kappa shape index (κ1) is 26.2. The van der Waals surface area contributed by atoms with E-state index < -0.39 is 17.5 Å². The van der Waals surface area contributed by atoms with Crippen molar-refractivity contribution in [3.05, 3.63) is 110 Å². The third kappa shape index (κ3) is 5.24. The molecule has 3 aromatic heterocycles. The number of fused-ring (bicyclic) bond motifs is 1. The number of allylic oxidation sites excluding steroid dienone is 1. The maximum Gasteiger partial charge on any atom is 0.439 e. The van der Waals surface area contributed by atoms with Gasteiger partial charge in [0.25, 0.3) is 0 Å². The van der Waals surface area contributed by atoms with E-state index in [1.54, 1.807) is 17.7 Å². The Morgan fingerprint density at radius 3 is 2.48 bits per heavy atom. The van der Waals surface area contributed by atoms with Gasteiger partial charge < -0.3 is 0 Å². The normalized spacial score (nSPS) is 15.0. The molecule has 1 aliphatic rings. The second-order valence-electron chi connectivity index (χ2n) is 9.44. The number of aromatic amines is 1. The van der Waals surface area contributed by atoms with E-state index >= 15 is 0 Å². The molecule has 202 valence electrons. The molecular weight excluding hydrogens is 561 g/mol. The monoisotopic (exact) mass is 580 g/mol. The molecule has 6 nitrogen and oxygen atoms in total. The Morgan fingerprint density at radius 1 is 1.05 bits per heavy atom. The third-order valence-corrected chi connectivity index (χ3v) is 8.01. The van der Waals surface area contributed by atoms with Gasteiger partial charge in [0.2, 0.25) is 0 Å². The molecule has 0 radical (unpaired) electrons. The zero-order chi connectivity index (χ0) is 27.9. The maximum atomic E-state index is 13.4. The molecule has 0 atom stereocenters. The zero-order valence-corrected chi connectivity index (χ0v) is 22.3. The summed E-state index contributed by atoms with van der Waals surface area (Å²) in [7, 11) is 0. The quantitative estimate of drug-likeness (QED) is 0.220. The average molecular weight is 581 g/mol. The molecule has 1 N–H and O–H groups in total. The smallest absolute Gasteiger partial charge is 0.296 e. The van der Waals surface area contributed by atoms with Gasteiger partial charge in [-0.1, -0.05) is 59.6 Å². The number of aromatic nitrogens is 4. The van der Waals surface area contributed by atoms with Crippen molar-refractivity contribution >= 4 is 56.5 Å². The third-order valence-electron chi connectivity index (χ3n) is 6.92. The fourth-order valence-corrected chi connectivity index (χ4v) is 5.67. The Balaban J connectivity index is 1.52. The van der Waals surface area contributed by atoms with Gasteiger partial charge in [-0.2, -0.15) is 13.2 Å². The first-order chi connectivity index (χ1) is 19.3. The van der Waals surface area contributed by atoms with Crippen LogP contribution in [0.3, 0.4) is 0 Å². The summed E-state index contributed by atoms with van der Waals surface area (Å²) in [6.07, 6.45) is 2.49. The predicted molar refractivity (Wildman–Crippen MR) is 150 cm³/mol. The number of nitrogens with zero attached hydrogens (tertiary/aromatic N) is 3. The number of benzene rings is 2. The molecule has 40 heavy (non-hydrogen) atoms. The molecular formula is C29H20ClF3N4O2S. The van der Waals surface area contributed by atoms with E-state index in [0.717, 1.165) is 69.6 Å². The summed E-state index contributed by atoms with van der Waals surface area (Å²) in [5.74, 6) is -0.256. The summed E-state index contributed by atoms with van der Waals surface area (Å²) < 4.78 is 45.8. The number of nitrogens with one attached hydrogen (secondary N) is 1. The average Bonchev–Trinajstić information content (AvgIpc) is 3.54. The van der Waals surface area contributed by atoms with Crippen LogP contribution in [0.15, 0.2) is 69.6 Å². The van der Waals surface area contributed by atoms with Crippen LogP contribution < -0.4 is 5.76 Å². The van der Waals surface area contributed by atoms with Crippen LogP contribution in [-0.2, 0) is 6.18 Å². The van der Waals surface area contributed by atoms with Gasteiger partial charge in [0, 0.05) is 6.20 Å². The van der Waals surface area contributed by atoms with Gasteiger partial charge in [-0.15, -0.1) is 11.3 Å². The van der Waals surface area contributed by atoms with Crippen molar-refractivity contribution in [2.24, 2.45) is 5.92 Å². The molecule has 1 saturated carbocycles. The van der Waals surface area contributed by atoms with Crippen LogP contribution in [0, 0.1) is 5.92 Å². The van der Waals surface area contributed by atoms with Crippen LogP contribution in [0.1, 0.15) is 53.0 Å². The van der Waals surface area contributed by atoms with E-state index in [2.05, 4.69) is 24.6 Å². The number of thiazole rings is 1. The molecule has 11 heteroatoms. The number of hydrogen-bond donors (Lipinski definition) is 1. The van der Waals surface area contributed by atoms with Gasteiger partial charge in [-0.05, 0) is 70.9 Å². The summed E-state index contributed by atoms with van der Waals surface area (Å²) >= 11 is 8.06. The second-order valence-corrected chi connectivity index (χ2v) is 10.7. The van der Waals surface area contributed by atoms with Gasteiger partial charge in [0.15, 0.2) is 5.82 Å². The molecule has 0 amide bonds. The van der Waals surface area contributed by atoms with Crippen LogP contribution in [-0.4, -0.2) is 20.1 Å². The van der Waals surface area contributed by atoms with Crippen LogP contribution >= 0.6 is 22.9 Å². The molecule has 3 heterocycles. The Labute approximate surface area is 234 Å². The Kier molecular flexibility index (Phi) is 6.89. The van der Waals surface area contributed by atoms with Gasteiger partial charge in [-0.3, -0.25) is 14.5 Å². The van der Waals surface area contributed by atoms with E-state index in [1.165, 1.54) is 11.3 Å². The highest BCUT2D eigenvalue weighted by molar-refractivity contribution is 7.16. The minimum atomic E-state index is -4.55. The van der Waals surface area contributed by atoms with Gasteiger partial charge in [-0.25, -0.2) is 9.78 Å². The van der Waals surface area contributed by atoms with Crippen LogP contribution in [0.25, 0.3) is 33.5 Å². The number of halogens is 4. The molecule has 0 aliphatic heterocycles. The predicted octanol–water partition coefficient (Wildman–Crippen LogP) is 7.97. The fourth-order valence-electron chi connectivity index (χ4n) is 4.74. The van der Waals surface area contributed by atoms with E-state index in [9.17, 15) is 18.0 Å². The maximum absolute atomic E-state index is 13.4. The van der Waals surface area contributed by atoms with Crippen molar-refractivity contribution < 1.29 is 17.7 Å². The molecule has 1 fully saturated rings. The molecule has 0 saturated heterocycles. The lowest BCUT2D eigenvalue weighted by molar-refractivity contribution is -0.137. The molecule has 5 aromatic rings. The molecule has 0 bridgehead atoms. The van der Waals surface area contributed by atoms with Crippen LogP contribution in [0.2, 0.25) is 5.02 Å². The SMILES string of the molecule is O=c1[nH]c(/C=C/c2ccc(/C(=C(\c3ncc(C(F)(F)F)cc3Cl)C3CCC3)c3ccc4scnc4c3)cc2)no1. The Hall–Kier alpha value is -4.02. The fraction of sp³-hybridized carbons (Fsp3) is 0.172. The van der Waals surface area contributed by atoms with Crippen molar-refractivity contribution in [2.45, 2.75) is 25.4 Å². The van der Waals surface area contributed by atoms with E-state index in [-0.39, 0.29) is 10.9 Å². The second kappa shape index (κ2) is 10.5. The summed E-state index contributed by atoms with van der Waals surface area (Å²) in [6.45, 7) is 0. The Bertz CT molecular complexity index is 1820.